The van der Waals surface area contributed by atoms with Gasteiger partial charge < -0.3 is 9.47 Å². The molecule has 4 aromatic rings. The second kappa shape index (κ2) is 9.96. The maximum Gasteiger partial charge on any atom is 0.239 e. The minimum atomic E-state index is 0.547. The Balaban J connectivity index is 1.65. The number of aryl methyl sites for hydroxylation is 3. The van der Waals surface area contributed by atoms with Gasteiger partial charge in [-0.3, -0.25) is 9.29 Å². The Morgan fingerprint density at radius 1 is 1.06 bits per heavy atom. The third-order valence-corrected chi connectivity index (χ3v) is 6.22. The van der Waals surface area contributed by atoms with E-state index >= 15 is 0 Å². The van der Waals surface area contributed by atoms with Gasteiger partial charge in [-0.25, -0.2) is 15.0 Å². The van der Waals surface area contributed by atoms with E-state index in [0.717, 1.165) is 34.3 Å². The summed E-state index contributed by atoms with van der Waals surface area (Å²) in [7, 11) is 3.25. The Labute approximate surface area is 194 Å². The first-order valence-electron chi connectivity index (χ1n) is 9.85. The van der Waals surface area contributed by atoms with Crippen molar-refractivity contribution >= 4 is 29.2 Å². The number of aromatic nitrogens is 6. The van der Waals surface area contributed by atoms with Crippen LogP contribution in [0.5, 0.6) is 11.5 Å². The van der Waals surface area contributed by atoms with E-state index in [4.69, 9.17) is 9.47 Å². The fourth-order valence-corrected chi connectivity index (χ4v) is 4.43. The van der Waals surface area contributed by atoms with Gasteiger partial charge in [0, 0.05) is 35.6 Å². The van der Waals surface area contributed by atoms with Crippen molar-refractivity contribution in [2.75, 3.05) is 24.7 Å². The molecule has 0 radical (unpaired) electrons. The van der Waals surface area contributed by atoms with E-state index in [1.807, 2.05) is 54.4 Å². The monoisotopic (exact) mass is 469 g/mol. The lowest BCUT2D eigenvalue weighted by Crippen LogP contribution is -2.07. The highest BCUT2D eigenvalue weighted by Crippen LogP contribution is 2.38. The van der Waals surface area contributed by atoms with Crippen molar-refractivity contribution in [2.24, 2.45) is 0 Å². The quantitative estimate of drug-likeness (QED) is 0.287. The predicted octanol–water partition coefficient (Wildman–Crippen LogP) is 4.12. The lowest BCUT2D eigenvalue weighted by Gasteiger charge is -2.16. The van der Waals surface area contributed by atoms with Gasteiger partial charge in [-0.2, -0.15) is 0 Å². The second-order valence-electron chi connectivity index (χ2n) is 6.86. The van der Waals surface area contributed by atoms with Crippen molar-refractivity contribution in [1.82, 2.24) is 29.7 Å². The molecule has 0 spiro atoms. The maximum atomic E-state index is 5.63. The molecule has 3 heterocycles. The van der Waals surface area contributed by atoms with Gasteiger partial charge in [0.25, 0.3) is 0 Å². The van der Waals surface area contributed by atoms with Gasteiger partial charge in [-0.1, -0.05) is 6.07 Å². The van der Waals surface area contributed by atoms with E-state index in [0.29, 0.717) is 29.0 Å². The van der Waals surface area contributed by atoms with Gasteiger partial charge in [0.2, 0.25) is 5.95 Å². The van der Waals surface area contributed by atoms with Crippen molar-refractivity contribution in [1.29, 1.82) is 0 Å². The molecule has 1 N–H and O–H groups in total. The molecule has 0 fully saturated rings. The molecule has 32 heavy (non-hydrogen) atoms. The second-order valence-corrected chi connectivity index (χ2v) is 8.62. The fraction of sp³-hybridized carbons (Fsp3) is 0.286. The molecular formula is C21H23N7O2S2. The molecule has 0 atom stereocenters. The van der Waals surface area contributed by atoms with Crippen LogP contribution >= 0.6 is 23.3 Å². The Kier molecular flexibility index (Phi) is 6.86. The molecule has 1 aromatic carbocycles. The Morgan fingerprint density at radius 3 is 2.41 bits per heavy atom. The highest BCUT2D eigenvalue weighted by molar-refractivity contribution is 8.00. The summed E-state index contributed by atoms with van der Waals surface area (Å²) in [5, 5.41) is 11.6. The van der Waals surface area contributed by atoms with Gasteiger partial charge in [-0.15, -0.1) is 21.5 Å². The van der Waals surface area contributed by atoms with Gasteiger partial charge in [0.05, 0.1) is 14.2 Å². The Hall–Kier alpha value is -3.18. The number of benzene rings is 1. The van der Waals surface area contributed by atoms with Crippen molar-refractivity contribution < 1.29 is 9.47 Å². The largest absolute Gasteiger partial charge is 0.494 e. The summed E-state index contributed by atoms with van der Waals surface area (Å²) in [5.74, 6) is 3.99. The summed E-state index contributed by atoms with van der Waals surface area (Å²) in [6.45, 7) is 3.92. The SMILES string of the molecule is COc1cccc(OC)c1-n1c(NSCCc2ncc(C)cn2)nnc1-c1nc(C)cs1. The molecular weight excluding hydrogens is 446 g/mol. The fourth-order valence-electron chi connectivity index (χ4n) is 3.02. The number of hydrogen-bond acceptors (Lipinski definition) is 10. The van der Waals surface area contributed by atoms with E-state index in [2.05, 4.69) is 29.9 Å². The van der Waals surface area contributed by atoms with E-state index in [1.165, 1.54) is 23.3 Å². The van der Waals surface area contributed by atoms with Crippen molar-refractivity contribution in [3.05, 3.63) is 53.1 Å². The lowest BCUT2D eigenvalue weighted by atomic mass is 10.2. The maximum absolute atomic E-state index is 5.63. The average molecular weight is 470 g/mol. The van der Waals surface area contributed by atoms with Crippen LogP contribution in [0.3, 0.4) is 0 Å². The number of methoxy groups -OCH3 is 2. The first-order chi connectivity index (χ1) is 15.6. The van der Waals surface area contributed by atoms with Crippen LogP contribution < -0.4 is 14.2 Å². The molecule has 11 heteroatoms. The zero-order valence-electron chi connectivity index (χ0n) is 18.2. The predicted molar refractivity (Wildman–Crippen MR) is 127 cm³/mol. The molecule has 4 rings (SSSR count). The number of nitrogens with zero attached hydrogens (tertiary/aromatic N) is 6. The number of ether oxygens (including phenoxy) is 2. The summed E-state index contributed by atoms with van der Waals surface area (Å²) >= 11 is 3.01. The van der Waals surface area contributed by atoms with Crippen LogP contribution in [0.4, 0.5) is 5.95 Å². The molecule has 166 valence electrons. The standard InChI is InChI=1S/C21H23N7O2S2/c1-13-10-22-17(23-11-13)8-9-32-27-21-26-25-19(20-24-14(2)12-31-20)28(21)18-15(29-3)6-5-7-16(18)30-4/h5-7,10-12H,8-9H2,1-4H3,(H,26,27). The summed E-state index contributed by atoms with van der Waals surface area (Å²) in [6.07, 6.45) is 4.38. The number of rotatable bonds is 9. The normalized spacial score (nSPS) is 10.9. The third-order valence-electron chi connectivity index (χ3n) is 4.52. The number of para-hydroxylation sites is 1. The molecule has 0 aliphatic heterocycles. The zero-order chi connectivity index (χ0) is 22.5. The van der Waals surface area contributed by atoms with Crippen molar-refractivity contribution in [3.8, 4) is 28.0 Å². The number of nitrogens with one attached hydrogen (secondary N) is 1. The summed E-state index contributed by atoms with van der Waals surface area (Å²) in [6, 6.07) is 5.63. The van der Waals surface area contributed by atoms with Crippen LogP contribution in [-0.2, 0) is 6.42 Å². The van der Waals surface area contributed by atoms with Crippen LogP contribution in [-0.4, -0.2) is 49.7 Å². The summed E-state index contributed by atoms with van der Waals surface area (Å²) in [4.78, 5) is 13.3. The van der Waals surface area contributed by atoms with Gasteiger partial charge in [0.1, 0.15) is 23.0 Å². The van der Waals surface area contributed by atoms with E-state index in [-0.39, 0.29) is 0 Å². The highest BCUT2D eigenvalue weighted by Gasteiger charge is 2.23. The third kappa shape index (κ3) is 4.68. The van der Waals surface area contributed by atoms with Crippen LogP contribution in [0.15, 0.2) is 36.0 Å². The van der Waals surface area contributed by atoms with E-state index < -0.39 is 0 Å². The topological polar surface area (TPSA) is 99.9 Å². The number of hydrogen-bond donors (Lipinski definition) is 1. The van der Waals surface area contributed by atoms with Gasteiger partial charge in [0.15, 0.2) is 10.8 Å². The zero-order valence-corrected chi connectivity index (χ0v) is 19.8. The molecule has 0 aliphatic carbocycles. The summed E-state index contributed by atoms with van der Waals surface area (Å²) in [5.41, 5.74) is 2.67. The molecule has 0 aliphatic rings. The molecule has 9 nitrogen and oxygen atoms in total. The number of thiazole rings is 1. The van der Waals surface area contributed by atoms with Crippen LogP contribution in [0.25, 0.3) is 16.5 Å². The molecule has 0 saturated carbocycles. The summed E-state index contributed by atoms with van der Waals surface area (Å²) < 4.78 is 16.5. The molecule has 0 bridgehead atoms. The number of anilines is 1. The lowest BCUT2D eigenvalue weighted by molar-refractivity contribution is 0.391. The minimum Gasteiger partial charge on any atom is -0.494 e. The van der Waals surface area contributed by atoms with E-state index in [9.17, 15) is 0 Å². The van der Waals surface area contributed by atoms with Crippen LogP contribution in [0.2, 0.25) is 0 Å². The average Bonchev–Trinajstić information content (AvgIpc) is 3.43. The smallest absolute Gasteiger partial charge is 0.239 e. The first-order valence-corrected chi connectivity index (χ1v) is 11.7. The molecule has 0 saturated heterocycles. The van der Waals surface area contributed by atoms with Gasteiger partial charge >= 0.3 is 0 Å². The highest BCUT2D eigenvalue weighted by atomic mass is 32.2. The van der Waals surface area contributed by atoms with Crippen molar-refractivity contribution in [3.63, 3.8) is 0 Å². The first kappa shape index (κ1) is 22.0. The van der Waals surface area contributed by atoms with Crippen LogP contribution in [0.1, 0.15) is 17.1 Å². The molecule has 0 unspecified atom stereocenters. The Morgan fingerprint density at radius 2 is 1.78 bits per heavy atom. The van der Waals surface area contributed by atoms with Crippen molar-refractivity contribution in [2.45, 2.75) is 20.3 Å². The van der Waals surface area contributed by atoms with Gasteiger partial charge in [-0.05, 0) is 43.5 Å². The van der Waals surface area contributed by atoms with E-state index in [1.54, 1.807) is 14.2 Å². The molecule has 0 amide bonds. The molecule has 3 aromatic heterocycles. The Bertz CT molecular complexity index is 1170. The minimum absolute atomic E-state index is 0.547. The van der Waals surface area contributed by atoms with Crippen LogP contribution in [0, 0.1) is 13.8 Å².